The Morgan fingerprint density at radius 1 is 0.519 bits per heavy atom. The molecule has 0 N–H and O–H groups in total. The zero-order chi connectivity index (χ0) is 18.5. The van der Waals surface area contributed by atoms with Gasteiger partial charge >= 0.3 is 0 Å². The van der Waals surface area contributed by atoms with E-state index in [9.17, 15) is 4.79 Å². The molecule has 0 fully saturated rings. The second-order valence-electron chi connectivity index (χ2n) is 6.60. The Kier molecular flexibility index (Phi) is 4.93. The predicted molar refractivity (Wildman–Crippen MR) is 112 cm³/mol. The summed E-state index contributed by atoms with van der Waals surface area (Å²) in [5.74, 6) is 0. The second-order valence-corrected chi connectivity index (χ2v) is 6.60. The fraction of sp³-hybridized carbons (Fsp3) is 0.0385. The molecule has 0 amide bonds. The highest BCUT2D eigenvalue weighted by atomic mass is 16.1. The Morgan fingerprint density at radius 3 is 1.56 bits per heavy atom. The van der Waals surface area contributed by atoms with Crippen molar-refractivity contribution in [1.29, 1.82) is 0 Å². The topological polar surface area (TPSA) is 17.1 Å². The zero-order valence-corrected chi connectivity index (χ0v) is 15.0. The molecule has 27 heavy (non-hydrogen) atoms. The summed E-state index contributed by atoms with van der Waals surface area (Å²) in [4.78, 5) is 10.5. The van der Waals surface area contributed by atoms with Crippen molar-refractivity contribution >= 4 is 6.29 Å². The molecule has 1 aliphatic rings. The third-order valence-electron chi connectivity index (χ3n) is 4.86. The summed E-state index contributed by atoms with van der Waals surface area (Å²) in [6, 6.07) is 35.0. The standard InChI is InChI=1S/C13H10O.C13H10/c14-10-11-6-8-13(9-7-11)12-4-2-1-3-5-12;1-3-7-12-10(5-1)9-11-6-2-4-8-13(11)12/h1-10H;1-8H,9H2. The summed E-state index contributed by atoms with van der Waals surface area (Å²) >= 11 is 0. The van der Waals surface area contributed by atoms with Crippen LogP contribution >= 0.6 is 0 Å². The highest BCUT2D eigenvalue weighted by Gasteiger charge is 2.15. The smallest absolute Gasteiger partial charge is 0.150 e. The number of rotatable bonds is 2. The lowest BCUT2D eigenvalue weighted by Gasteiger charge is -2.00. The molecule has 0 radical (unpaired) electrons. The van der Waals surface area contributed by atoms with Crippen molar-refractivity contribution in [3.63, 3.8) is 0 Å². The Labute approximate surface area is 159 Å². The van der Waals surface area contributed by atoms with Gasteiger partial charge in [0.2, 0.25) is 0 Å². The third kappa shape index (κ3) is 3.73. The monoisotopic (exact) mass is 348 g/mol. The molecule has 0 saturated heterocycles. The number of carbonyl (C=O) groups excluding carboxylic acids is 1. The van der Waals surface area contributed by atoms with E-state index >= 15 is 0 Å². The Hall–Kier alpha value is -3.45. The van der Waals surface area contributed by atoms with E-state index in [0.717, 1.165) is 18.3 Å². The predicted octanol–water partition coefficient (Wildman–Crippen LogP) is 6.42. The first kappa shape index (κ1) is 17.0. The number of hydrogen-bond acceptors (Lipinski definition) is 1. The first-order valence-corrected chi connectivity index (χ1v) is 9.12. The van der Waals surface area contributed by atoms with Gasteiger partial charge in [0.1, 0.15) is 6.29 Å². The van der Waals surface area contributed by atoms with E-state index in [1.165, 1.54) is 27.8 Å². The summed E-state index contributed by atoms with van der Waals surface area (Å²) in [7, 11) is 0. The van der Waals surface area contributed by atoms with Crippen LogP contribution in [0.25, 0.3) is 22.3 Å². The lowest BCUT2D eigenvalue weighted by molar-refractivity contribution is 0.112. The maximum Gasteiger partial charge on any atom is 0.150 e. The molecule has 0 spiro atoms. The number of fused-ring (bicyclic) bond motifs is 3. The van der Waals surface area contributed by atoms with Gasteiger partial charge in [-0.25, -0.2) is 0 Å². The summed E-state index contributed by atoms with van der Waals surface area (Å²) in [5, 5.41) is 0. The van der Waals surface area contributed by atoms with E-state index < -0.39 is 0 Å². The van der Waals surface area contributed by atoms with Gasteiger partial charge in [0.05, 0.1) is 0 Å². The van der Waals surface area contributed by atoms with Gasteiger partial charge in [-0.05, 0) is 39.8 Å². The Balaban J connectivity index is 0.000000134. The Morgan fingerprint density at radius 2 is 1.00 bits per heavy atom. The molecule has 0 unspecified atom stereocenters. The SMILES string of the molecule is O=Cc1ccc(-c2ccccc2)cc1.c1ccc2c(c1)Cc1ccccc1-2. The minimum absolute atomic E-state index is 0.713. The Bertz CT molecular complexity index is 1000. The van der Waals surface area contributed by atoms with Gasteiger partial charge < -0.3 is 0 Å². The first-order chi connectivity index (χ1) is 13.3. The zero-order valence-electron chi connectivity index (χ0n) is 15.0. The maximum atomic E-state index is 10.5. The summed E-state index contributed by atoms with van der Waals surface area (Å²) in [5.41, 5.74) is 8.77. The molecule has 0 saturated carbocycles. The molecule has 0 aromatic heterocycles. The number of benzene rings is 4. The molecule has 1 heteroatoms. The van der Waals surface area contributed by atoms with Crippen LogP contribution in [0.5, 0.6) is 0 Å². The average Bonchev–Trinajstić information content (AvgIpc) is 3.14. The van der Waals surface area contributed by atoms with Gasteiger partial charge in [-0.2, -0.15) is 0 Å². The van der Waals surface area contributed by atoms with Gasteiger partial charge in [-0.1, -0.05) is 103 Å². The normalized spacial score (nSPS) is 11.0. The molecule has 0 aliphatic heterocycles. The van der Waals surface area contributed by atoms with Gasteiger partial charge in [0.25, 0.3) is 0 Å². The maximum absolute atomic E-state index is 10.5. The van der Waals surface area contributed by atoms with Crippen LogP contribution in [0.1, 0.15) is 21.5 Å². The van der Waals surface area contributed by atoms with Crippen molar-refractivity contribution in [3.8, 4) is 22.3 Å². The fourth-order valence-electron chi connectivity index (χ4n) is 3.46. The van der Waals surface area contributed by atoms with Crippen LogP contribution in [0.2, 0.25) is 0 Å². The minimum atomic E-state index is 0.713. The molecule has 0 heterocycles. The first-order valence-electron chi connectivity index (χ1n) is 9.12. The summed E-state index contributed by atoms with van der Waals surface area (Å²) < 4.78 is 0. The molecular weight excluding hydrogens is 328 g/mol. The second kappa shape index (κ2) is 7.84. The highest BCUT2D eigenvalue weighted by molar-refractivity contribution is 5.77. The molecule has 130 valence electrons. The number of hydrogen-bond donors (Lipinski definition) is 0. The summed E-state index contributed by atoms with van der Waals surface area (Å²) in [6.07, 6.45) is 1.96. The third-order valence-corrected chi connectivity index (χ3v) is 4.86. The average molecular weight is 348 g/mol. The molecule has 4 aromatic rings. The van der Waals surface area contributed by atoms with Crippen molar-refractivity contribution in [2.24, 2.45) is 0 Å². The van der Waals surface area contributed by atoms with Crippen molar-refractivity contribution in [1.82, 2.24) is 0 Å². The minimum Gasteiger partial charge on any atom is -0.298 e. The molecule has 0 bridgehead atoms. The largest absolute Gasteiger partial charge is 0.298 e. The van der Waals surface area contributed by atoms with E-state index in [1.807, 2.05) is 42.5 Å². The summed E-state index contributed by atoms with van der Waals surface area (Å²) in [6.45, 7) is 0. The number of aldehydes is 1. The molecular formula is C26H20O. The van der Waals surface area contributed by atoms with Crippen LogP contribution in [-0.2, 0) is 6.42 Å². The van der Waals surface area contributed by atoms with Gasteiger partial charge in [0, 0.05) is 5.56 Å². The van der Waals surface area contributed by atoms with Crippen LogP contribution in [-0.4, -0.2) is 6.29 Å². The van der Waals surface area contributed by atoms with Gasteiger partial charge in [0.15, 0.2) is 0 Å². The number of carbonyl (C=O) groups is 1. The van der Waals surface area contributed by atoms with Crippen LogP contribution in [0, 0.1) is 0 Å². The molecule has 4 aromatic carbocycles. The van der Waals surface area contributed by atoms with Gasteiger partial charge in [-0.15, -0.1) is 0 Å². The van der Waals surface area contributed by atoms with Crippen molar-refractivity contribution in [2.75, 3.05) is 0 Å². The van der Waals surface area contributed by atoms with E-state index in [-0.39, 0.29) is 0 Å². The van der Waals surface area contributed by atoms with Crippen molar-refractivity contribution in [2.45, 2.75) is 6.42 Å². The molecule has 1 aliphatic carbocycles. The molecule has 1 nitrogen and oxygen atoms in total. The van der Waals surface area contributed by atoms with Crippen LogP contribution < -0.4 is 0 Å². The molecule has 5 rings (SSSR count). The van der Waals surface area contributed by atoms with Crippen molar-refractivity contribution in [3.05, 3.63) is 120 Å². The van der Waals surface area contributed by atoms with E-state index in [1.54, 1.807) is 0 Å². The lowest BCUT2D eigenvalue weighted by atomic mass is 10.0. The van der Waals surface area contributed by atoms with Crippen molar-refractivity contribution < 1.29 is 4.79 Å². The van der Waals surface area contributed by atoms with Crippen LogP contribution in [0.3, 0.4) is 0 Å². The molecule has 0 atom stereocenters. The quantitative estimate of drug-likeness (QED) is 0.336. The van der Waals surface area contributed by atoms with E-state index in [0.29, 0.717) is 5.56 Å². The van der Waals surface area contributed by atoms with E-state index in [2.05, 4.69) is 60.7 Å². The fourth-order valence-corrected chi connectivity index (χ4v) is 3.46. The van der Waals surface area contributed by atoms with Crippen LogP contribution in [0.4, 0.5) is 0 Å². The van der Waals surface area contributed by atoms with E-state index in [4.69, 9.17) is 0 Å². The van der Waals surface area contributed by atoms with Crippen LogP contribution in [0.15, 0.2) is 103 Å². The highest BCUT2D eigenvalue weighted by Crippen LogP contribution is 2.35. The van der Waals surface area contributed by atoms with Gasteiger partial charge in [-0.3, -0.25) is 4.79 Å². The lowest BCUT2D eigenvalue weighted by Crippen LogP contribution is -1.80.